The lowest BCUT2D eigenvalue weighted by atomic mass is 9.96. The molecule has 0 fully saturated rings. The Morgan fingerprint density at radius 2 is 0.700 bits per heavy atom. The normalized spacial score (nSPS) is 12.0. The van der Waals surface area contributed by atoms with Crippen LogP contribution in [0, 0.1) is 0 Å². The lowest BCUT2D eigenvalue weighted by Crippen LogP contribution is -2.00. The Bertz CT molecular complexity index is 3040. The Balaban J connectivity index is 1.12. The molecule has 0 aliphatic rings. The number of fused-ring (bicyclic) bond motifs is 11. The minimum absolute atomic E-state index is 0.597. The van der Waals surface area contributed by atoms with E-state index < -0.39 is 0 Å². The van der Waals surface area contributed by atoms with Gasteiger partial charge in [-0.3, -0.25) is 0 Å². The number of para-hydroxylation sites is 2. The van der Waals surface area contributed by atoms with Crippen molar-refractivity contribution in [1.82, 2.24) is 15.0 Å². The fourth-order valence-corrected chi connectivity index (χ4v) is 7.46. The van der Waals surface area contributed by atoms with E-state index in [1.807, 2.05) is 60.7 Å². The molecule has 0 saturated heterocycles. The van der Waals surface area contributed by atoms with E-state index in [4.69, 9.17) is 23.8 Å². The van der Waals surface area contributed by atoms with Gasteiger partial charge in [-0.1, -0.05) is 97.1 Å². The maximum absolute atomic E-state index is 6.13. The van der Waals surface area contributed by atoms with Gasteiger partial charge < -0.3 is 8.83 Å². The minimum atomic E-state index is 0.597. The second-order valence-electron chi connectivity index (χ2n) is 12.8. The van der Waals surface area contributed by atoms with Crippen LogP contribution in [0.15, 0.2) is 160 Å². The molecule has 0 amide bonds. The standard InChI is InChI=1S/C45H25N3O2/c1-2-8-31-26(7-1)13-19-34-32-18-15-28(23-27(32)14-20-33(31)34)43-46-44(29-16-21-41-37(24-29)35-9-3-5-11-39(35)49-41)48-45(47-43)30-17-22-42-38(25-30)36-10-4-6-12-40(36)50-42/h1-25H. The fourth-order valence-electron chi connectivity index (χ4n) is 7.46. The van der Waals surface area contributed by atoms with Crippen molar-refractivity contribution < 1.29 is 8.83 Å². The summed E-state index contributed by atoms with van der Waals surface area (Å²) in [5, 5.41) is 11.5. The van der Waals surface area contributed by atoms with E-state index in [1.54, 1.807) is 0 Å². The van der Waals surface area contributed by atoms with Crippen molar-refractivity contribution in [2.45, 2.75) is 0 Å². The zero-order valence-electron chi connectivity index (χ0n) is 26.6. The van der Waals surface area contributed by atoms with Crippen LogP contribution in [0.2, 0.25) is 0 Å². The van der Waals surface area contributed by atoms with E-state index in [2.05, 4.69) is 91.0 Å². The van der Waals surface area contributed by atoms with Crippen molar-refractivity contribution >= 4 is 76.2 Å². The van der Waals surface area contributed by atoms with E-state index in [-0.39, 0.29) is 0 Å². The Morgan fingerprint density at radius 1 is 0.280 bits per heavy atom. The summed E-state index contributed by atoms with van der Waals surface area (Å²) < 4.78 is 12.3. The molecule has 50 heavy (non-hydrogen) atoms. The molecule has 0 saturated carbocycles. The van der Waals surface area contributed by atoms with Crippen molar-refractivity contribution in [2.24, 2.45) is 0 Å². The third-order valence-electron chi connectivity index (χ3n) is 9.91. The van der Waals surface area contributed by atoms with Crippen LogP contribution in [0.3, 0.4) is 0 Å². The van der Waals surface area contributed by atoms with Gasteiger partial charge in [-0.2, -0.15) is 0 Å². The van der Waals surface area contributed by atoms with Gasteiger partial charge in [0.2, 0.25) is 0 Å². The van der Waals surface area contributed by atoms with Gasteiger partial charge >= 0.3 is 0 Å². The van der Waals surface area contributed by atoms with Crippen LogP contribution in [0.5, 0.6) is 0 Å². The third kappa shape index (κ3) is 4.10. The fraction of sp³-hybridized carbons (Fsp3) is 0. The van der Waals surface area contributed by atoms with Gasteiger partial charge in [0.05, 0.1) is 0 Å². The first-order valence-corrected chi connectivity index (χ1v) is 16.7. The highest BCUT2D eigenvalue weighted by molar-refractivity contribution is 6.17. The van der Waals surface area contributed by atoms with E-state index in [0.29, 0.717) is 17.5 Å². The molecule has 0 aliphatic carbocycles. The highest BCUT2D eigenvalue weighted by Gasteiger charge is 2.17. The van der Waals surface area contributed by atoms with Crippen LogP contribution in [0.1, 0.15) is 0 Å². The average Bonchev–Trinajstić information content (AvgIpc) is 3.75. The van der Waals surface area contributed by atoms with Crippen molar-refractivity contribution in [1.29, 1.82) is 0 Å². The summed E-state index contributed by atoms with van der Waals surface area (Å²) in [6.07, 6.45) is 0. The number of benzene rings is 8. The molecule has 5 nitrogen and oxygen atoms in total. The predicted octanol–water partition coefficient (Wildman–Crippen LogP) is 12.1. The van der Waals surface area contributed by atoms with Crippen molar-refractivity contribution in [3.63, 3.8) is 0 Å². The number of furan rings is 2. The average molecular weight is 640 g/mol. The molecule has 0 bridgehead atoms. The summed E-state index contributed by atoms with van der Waals surface area (Å²) in [6, 6.07) is 52.4. The van der Waals surface area contributed by atoms with E-state index in [9.17, 15) is 0 Å². The smallest absolute Gasteiger partial charge is 0.164 e. The quantitative estimate of drug-likeness (QED) is 0.180. The van der Waals surface area contributed by atoms with E-state index in [0.717, 1.165) is 66.0 Å². The maximum Gasteiger partial charge on any atom is 0.164 e. The number of hydrogen-bond acceptors (Lipinski definition) is 5. The Hall–Kier alpha value is -6.85. The van der Waals surface area contributed by atoms with E-state index in [1.165, 1.54) is 26.9 Å². The zero-order valence-corrected chi connectivity index (χ0v) is 26.6. The summed E-state index contributed by atoms with van der Waals surface area (Å²) in [4.78, 5) is 15.3. The Kier molecular flexibility index (Phi) is 5.60. The molecular weight excluding hydrogens is 615 g/mol. The summed E-state index contributed by atoms with van der Waals surface area (Å²) in [6.45, 7) is 0. The molecule has 3 heterocycles. The molecule has 0 N–H and O–H groups in total. The van der Waals surface area contributed by atoms with Gasteiger partial charge in [-0.05, 0) is 86.9 Å². The predicted molar refractivity (Wildman–Crippen MR) is 203 cm³/mol. The molecule has 5 heteroatoms. The number of hydrogen-bond donors (Lipinski definition) is 0. The molecular formula is C45H25N3O2. The first kappa shape index (κ1) is 27.1. The van der Waals surface area contributed by atoms with Gasteiger partial charge in [0.15, 0.2) is 17.5 Å². The summed E-state index contributed by atoms with van der Waals surface area (Å²) in [7, 11) is 0. The molecule has 0 atom stereocenters. The summed E-state index contributed by atoms with van der Waals surface area (Å²) in [5.74, 6) is 1.80. The summed E-state index contributed by atoms with van der Waals surface area (Å²) >= 11 is 0. The largest absolute Gasteiger partial charge is 0.456 e. The molecule has 3 aromatic heterocycles. The number of aromatic nitrogens is 3. The highest BCUT2D eigenvalue weighted by atomic mass is 16.3. The van der Waals surface area contributed by atoms with Gasteiger partial charge in [-0.15, -0.1) is 0 Å². The van der Waals surface area contributed by atoms with Crippen molar-refractivity contribution in [3.8, 4) is 34.2 Å². The number of rotatable bonds is 3. The Labute approximate surface area is 285 Å². The van der Waals surface area contributed by atoms with Crippen LogP contribution in [0.4, 0.5) is 0 Å². The molecule has 0 unspecified atom stereocenters. The lowest BCUT2D eigenvalue weighted by molar-refractivity contribution is 0.668. The monoisotopic (exact) mass is 639 g/mol. The van der Waals surface area contributed by atoms with Crippen LogP contribution in [-0.2, 0) is 0 Å². The molecule has 0 aliphatic heterocycles. The lowest BCUT2D eigenvalue weighted by Gasteiger charge is -2.11. The zero-order chi connectivity index (χ0) is 32.8. The van der Waals surface area contributed by atoms with E-state index >= 15 is 0 Å². The van der Waals surface area contributed by atoms with Crippen molar-refractivity contribution in [3.05, 3.63) is 152 Å². The third-order valence-corrected chi connectivity index (χ3v) is 9.91. The molecule has 8 aromatic carbocycles. The van der Waals surface area contributed by atoms with Gasteiger partial charge in [0.1, 0.15) is 22.3 Å². The van der Waals surface area contributed by atoms with Crippen molar-refractivity contribution in [2.75, 3.05) is 0 Å². The highest BCUT2D eigenvalue weighted by Crippen LogP contribution is 2.37. The topological polar surface area (TPSA) is 65.0 Å². The summed E-state index contributed by atoms with van der Waals surface area (Å²) in [5.41, 5.74) is 6.08. The van der Waals surface area contributed by atoms with Crippen LogP contribution in [0.25, 0.3) is 110 Å². The van der Waals surface area contributed by atoms with Gasteiger partial charge in [-0.25, -0.2) is 15.0 Å². The SMILES string of the molecule is c1ccc2c(c1)ccc1c3ccc(-c4nc(-c5ccc6oc7ccccc7c6c5)nc(-c5ccc6oc7ccccc7c6c5)n4)cc3ccc21. The van der Waals surface area contributed by atoms with Gasteiger partial charge in [0, 0.05) is 38.2 Å². The molecule has 11 rings (SSSR count). The first-order chi connectivity index (χ1) is 24.7. The molecule has 0 spiro atoms. The molecule has 11 aromatic rings. The maximum atomic E-state index is 6.13. The Morgan fingerprint density at radius 3 is 1.30 bits per heavy atom. The first-order valence-electron chi connectivity index (χ1n) is 16.7. The van der Waals surface area contributed by atoms with Crippen LogP contribution >= 0.6 is 0 Å². The number of nitrogens with zero attached hydrogens (tertiary/aromatic N) is 3. The molecule has 232 valence electrons. The second kappa shape index (κ2) is 10.3. The van der Waals surface area contributed by atoms with Gasteiger partial charge in [0.25, 0.3) is 0 Å². The second-order valence-corrected chi connectivity index (χ2v) is 12.8. The minimum Gasteiger partial charge on any atom is -0.456 e. The van der Waals surface area contributed by atoms with Crippen LogP contribution < -0.4 is 0 Å². The van der Waals surface area contributed by atoms with Crippen LogP contribution in [-0.4, -0.2) is 15.0 Å². The molecule has 0 radical (unpaired) electrons.